The molecule has 32 heavy (non-hydrogen) atoms. The number of rotatable bonds is 4. The molecule has 1 aliphatic heterocycles. The molecule has 1 aliphatic rings. The third kappa shape index (κ3) is 5.26. The Morgan fingerprint density at radius 3 is 1.94 bits per heavy atom. The molecule has 2 heterocycles. The number of thiophene rings is 1. The van der Waals surface area contributed by atoms with Crippen LogP contribution < -0.4 is 0 Å². The zero-order valence-electron chi connectivity index (χ0n) is 17.3. The molecule has 0 amide bonds. The van der Waals surface area contributed by atoms with Gasteiger partial charge in [0.1, 0.15) is 23.1 Å². The first-order valence-electron chi connectivity index (χ1n) is 9.56. The van der Waals surface area contributed by atoms with Gasteiger partial charge in [-0.25, -0.2) is 8.78 Å². The van der Waals surface area contributed by atoms with E-state index in [1.807, 2.05) is 0 Å². The first-order valence-corrected chi connectivity index (χ1v) is 11.5. The van der Waals surface area contributed by atoms with Gasteiger partial charge in [-0.2, -0.15) is 0 Å². The van der Waals surface area contributed by atoms with E-state index >= 15 is 0 Å². The lowest BCUT2D eigenvalue weighted by molar-refractivity contribution is -0.113. The number of aliphatic hydroxyl groups is 1. The highest BCUT2D eigenvalue weighted by atomic mass is 32.2. The lowest BCUT2D eigenvalue weighted by Gasteiger charge is -2.09. The van der Waals surface area contributed by atoms with Crippen LogP contribution in [0.4, 0.5) is 8.78 Å². The molecule has 0 radical (unpaired) electrons. The zero-order chi connectivity index (χ0) is 23.4. The molecule has 1 atom stereocenters. The fourth-order valence-electron chi connectivity index (χ4n) is 3.06. The largest absolute Gasteiger partial charge is 0.510 e. The number of ketones is 2. The van der Waals surface area contributed by atoms with Crippen LogP contribution in [0.2, 0.25) is 0 Å². The minimum absolute atomic E-state index is 0.0240. The summed E-state index contributed by atoms with van der Waals surface area (Å²) in [6.07, 6.45) is 0. The van der Waals surface area contributed by atoms with Crippen molar-refractivity contribution < 1.29 is 28.6 Å². The summed E-state index contributed by atoms with van der Waals surface area (Å²) in [5.41, 5.74) is 2.31. The van der Waals surface area contributed by atoms with Crippen LogP contribution in [-0.4, -0.2) is 27.5 Å². The van der Waals surface area contributed by atoms with Crippen LogP contribution in [0, 0.1) is 11.6 Å². The normalized spacial score (nSPS) is 15.3. The molecule has 0 spiro atoms. The maximum absolute atomic E-state index is 12.7. The van der Waals surface area contributed by atoms with Gasteiger partial charge >= 0.3 is 0 Å². The second-order valence-corrected chi connectivity index (χ2v) is 9.03. The van der Waals surface area contributed by atoms with E-state index in [1.54, 1.807) is 29.6 Å². The molecule has 166 valence electrons. The third-order valence-corrected chi connectivity index (χ3v) is 7.10. The predicted molar refractivity (Wildman–Crippen MR) is 123 cm³/mol. The van der Waals surface area contributed by atoms with Gasteiger partial charge in [0.05, 0.1) is 15.7 Å². The van der Waals surface area contributed by atoms with Crippen molar-refractivity contribution in [1.29, 1.82) is 0 Å². The monoisotopic (exact) mass is 474 g/mol. The van der Waals surface area contributed by atoms with E-state index in [0.717, 1.165) is 5.56 Å². The number of halogens is 2. The van der Waals surface area contributed by atoms with Crippen LogP contribution in [0.15, 0.2) is 65.2 Å². The quantitative estimate of drug-likeness (QED) is 0.424. The van der Waals surface area contributed by atoms with Crippen LogP contribution in [0.25, 0.3) is 10.4 Å². The number of benzene rings is 2. The lowest BCUT2D eigenvalue weighted by atomic mass is 10.1. The van der Waals surface area contributed by atoms with Crippen LogP contribution in [0.1, 0.15) is 35.0 Å². The molecule has 4 rings (SSSR count). The summed E-state index contributed by atoms with van der Waals surface area (Å²) < 4.78 is 25.5. The van der Waals surface area contributed by atoms with Gasteiger partial charge in [0.15, 0.2) is 11.6 Å². The summed E-state index contributed by atoms with van der Waals surface area (Å²) in [6, 6.07) is 11.8. The summed E-state index contributed by atoms with van der Waals surface area (Å²) >= 11 is 2.75. The van der Waals surface area contributed by atoms with Gasteiger partial charge in [0.2, 0.25) is 0 Å². The second-order valence-electron chi connectivity index (χ2n) is 7.05. The van der Waals surface area contributed by atoms with Crippen molar-refractivity contribution in [2.24, 2.45) is 0 Å². The van der Waals surface area contributed by atoms with Crippen molar-refractivity contribution in [1.82, 2.24) is 0 Å². The van der Waals surface area contributed by atoms with Crippen LogP contribution in [0.3, 0.4) is 0 Å². The SMILES string of the molecule is CC(=O)C1=C(O)C(c2ccc(F)cc2)SC1.CC(=O)c1csc(-c2ccc(F)cc2)c1O. The number of hydrogen-bond acceptors (Lipinski definition) is 6. The minimum atomic E-state index is -0.327. The summed E-state index contributed by atoms with van der Waals surface area (Å²) in [5, 5.41) is 21.1. The Bertz CT molecular complexity index is 1170. The van der Waals surface area contributed by atoms with Gasteiger partial charge in [-0.1, -0.05) is 24.3 Å². The van der Waals surface area contributed by atoms with Crippen molar-refractivity contribution in [3.05, 3.63) is 88.0 Å². The number of aromatic hydroxyl groups is 1. The van der Waals surface area contributed by atoms with Crippen LogP contribution in [-0.2, 0) is 4.79 Å². The fourth-order valence-corrected chi connectivity index (χ4v) is 5.40. The van der Waals surface area contributed by atoms with E-state index in [4.69, 9.17) is 0 Å². The topological polar surface area (TPSA) is 74.6 Å². The number of carbonyl (C=O) groups excluding carboxylic acids is 2. The molecule has 1 unspecified atom stereocenters. The Labute approximate surface area is 192 Å². The highest BCUT2D eigenvalue weighted by Gasteiger charge is 2.29. The number of carbonyl (C=O) groups is 2. The molecule has 2 N–H and O–H groups in total. The van der Waals surface area contributed by atoms with Gasteiger partial charge in [0.25, 0.3) is 0 Å². The minimum Gasteiger partial charge on any atom is -0.510 e. The van der Waals surface area contributed by atoms with Crippen molar-refractivity contribution in [2.75, 3.05) is 5.75 Å². The first kappa shape index (κ1) is 23.7. The molecule has 0 aliphatic carbocycles. The zero-order valence-corrected chi connectivity index (χ0v) is 18.9. The summed E-state index contributed by atoms with van der Waals surface area (Å²) in [6.45, 7) is 2.84. The van der Waals surface area contributed by atoms with Crippen molar-refractivity contribution >= 4 is 34.7 Å². The van der Waals surface area contributed by atoms with E-state index < -0.39 is 0 Å². The van der Waals surface area contributed by atoms with Gasteiger partial charge in [-0.15, -0.1) is 23.1 Å². The van der Waals surface area contributed by atoms with Gasteiger partial charge in [-0.05, 0) is 49.2 Å². The fraction of sp³-hybridized carbons (Fsp3) is 0.167. The molecule has 1 aromatic heterocycles. The van der Waals surface area contributed by atoms with E-state index in [0.29, 0.717) is 27.3 Å². The lowest BCUT2D eigenvalue weighted by Crippen LogP contribution is -2.00. The first-order chi connectivity index (χ1) is 15.2. The molecule has 0 fully saturated rings. The molecule has 0 bridgehead atoms. The molecule has 2 aromatic carbocycles. The number of hydrogen-bond donors (Lipinski definition) is 2. The van der Waals surface area contributed by atoms with Crippen LogP contribution in [0.5, 0.6) is 5.75 Å². The Kier molecular flexibility index (Phi) is 7.48. The molecule has 0 saturated carbocycles. The average molecular weight is 475 g/mol. The molecule has 4 nitrogen and oxygen atoms in total. The number of aliphatic hydroxyl groups excluding tert-OH is 1. The van der Waals surface area contributed by atoms with Gasteiger partial charge in [-0.3, -0.25) is 9.59 Å². The highest BCUT2D eigenvalue weighted by Crippen LogP contribution is 2.43. The average Bonchev–Trinajstić information content (AvgIpc) is 3.33. The summed E-state index contributed by atoms with van der Waals surface area (Å²) in [4.78, 5) is 22.9. The Hall–Kier alpha value is -2.97. The molecule has 0 saturated heterocycles. The van der Waals surface area contributed by atoms with Crippen molar-refractivity contribution in [2.45, 2.75) is 19.1 Å². The maximum atomic E-state index is 12.7. The standard InChI is InChI=1S/C12H11FO2S.C12H9FO2S/c2*1-7(14)10-6-16-12(11(10)15)8-2-4-9(13)5-3-8/h2-5,12,15H,6H2,1H3;2-6,15H,1H3. The summed E-state index contributed by atoms with van der Waals surface area (Å²) in [5.74, 6) is -0.304. The van der Waals surface area contributed by atoms with E-state index in [1.165, 1.54) is 61.2 Å². The third-order valence-electron chi connectivity index (χ3n) is 4.80. The predicted octanol–water partition coefficient (Wildman–Crippen LogP) is 6.48. The number of Topliss-reactive ketones (excluding diaryl/α,β-unsaturated/α-hetero) is 2. The smallest absolute Gasteiger partial charge is 0.164 e. The van der Waals surface area contributed by atoms with Crippen LogP contribution >= 0.6 is 23.1 Å². The highest BCUT2D eigenvalue weighted by molar-refractivity contribution is 8.00. The van der Waals surface area contributed by atoms with E-state index in [-0.39, 0.29) is 40.0 Å². The Balaban J connectivity index is 0.000000181. The number of thioether (sulfide) groups is 1. The summed E-state index contributed by atoms with van der Waals surface area (Å²) in [7, 11) is 0. The van der Waals surface area contributed by atoms with E-state index in [9.17, 15) is 28.6 Å². The molecule has 3 aromatic rings. The molecular weight excluding hydrogens is 454 g/mol. The maximum Gasteiger partial charge on any atom is 0.164 e. The molecular formula is C24H20F2O4S2. The van der Waals surface area contributed by atoms with Crippen molar-refractivity contribution in [3.8, 4) is 16.2 Å². The molecule has 8 heteroatoms. The second kappa shape index (κ2) is 10.1. The van der Waals surface area contributed by atoms with E-state index in [2.05, 4.69) is 0 Å². The van der Waals surface area contributed by atoms with Gasteiger partial charge < -0.3 is 10.2 Å². The van der Waals surface area contributed by atoms with Crippen molar-refractivity contribution in [3.63, 3.8) is 0 Å². The van der Waals surface area contributed by atoms with Gasteiger partial charge in [0, 0.05) is 16.7 Å². The Morgan fingerprint density at radius 2 is 1.47 bits per heavy atom. The Morgan fingerprint density at radius 1 is 0.906 bits per heavy atom.